The number of benzene rings is 1. The summed E-state index contributed by atoms with van der Waals surface area (Å²) < 4.78 is 26.8. The van der Waals surface area contributed by atoms with Gasteiger partial charge in [0, 0.05) is 32.7 Å². The van der Waals surface area contributed by atoms with Crippen molar-refractivity contribution in [3.8, 4) is 22.8 Å². The van der Waals surface area contributed by atoms with Crippen LogP contribution in [0.1, 0.15) is 24.2 Å². The van der Waals surface area contributed by atoms with Crippen molar-refractivity contribution in [2.75, 3.05) is 44.2 Å². The number of rotatable bonds is 2. The van der Waals surface area contributed by atoms with Crippen LogP contribution in [0.15, 0.2) is 18.2 Å². The third-order valence-electron chi connectivity index (χ3n) is 6.27. The quantitative estimate of drug-likeness (QED) is 0.689. The van der Waals surface area contributed by atoms with Gasteiger partial charge in [-0.3, -0.25) is 4.79 Å². The number of amides is 1. The van der Waals surface area contributed by atoms with Gasteiger partial charge in [-0.1, -0.05) is 17.7 Å². The molecule has 0 unspecified atom stereocenters. The number of hydrogen-bond acceptors (Lipinski definition) is 7. The van der Waals surface area contributed by atoms with E-state index in [0.717, 1.165) is 0 Å². The normalized spacial score (nSPS) is 25.2. The number of phenolic OH excluding ortho intramolecular Hbond substituents is 1. The monoisotopic (exact) mass is 476 g/mol. The molecule has 8 nitrogen and oxygen atoms in total. The van der Waals surface area contributed by atoms with E-state index in [1.165, 1.54) is 18.2 Å². The zero-order valence-corrected chi connectivity index (χ0v) is 19.2. The number of carbonyl (C=O) groups excluding carboxylic acids is 1. The molecule has 3 aliphatic rings. The number of morpholine rings is 1. The lowest BCUT2D eigenvalue weighted by Gasteiger charge is -2.38. The van der Waals surface area contributed by atoms with Crippen molar-refractivity contribution in [2.45, 2.75) is 32.1 Å². The number of pyridine rings is 1. The van der Waals surface area contributed by atoms with Crippen molar-refractivity contribution in [3.05, 3.63) is 34.6 Å². The molecule has 3 atom stereocenters. The van der Waals surface area contributed by atoms with E-state index in [1.807, 2.05) is 18.7 Å². The lowest BCUT2D eigenvalue weighted by Crippen LogP contribution is -2.55. The van der Waals surface area contributed by atoms with E-state index in [4.69, 9.17) is 26.1 Å². The number of nitrogens with zero attached hydrogens (tertiary/aromatic N) is 3. The first kappa shape index (κ1) is 22.2. The van der Waals surface area contributed by atoms with Gasteiger partial charge in [0.15, 0.2) is 5.75 Å². The summed E-state index contributed by atoms with van der Waals surface area (Å²) in [6.07, 6.45) is -0.193. The van der Waals surface area contributed by atoms with Gasteiger partial charge in [-0.25, -0.2) is 9.37 Å². The molecule has 176 valence electrons. The smallest absolute Gasteiger partial charge is 0.261 e. The predicted octanol–water partition coefficient (Wildman–Crippen LogP) is 2.67. The van der Waals surface area contributed by atoms with Crippen molar-refractivity contribution in [3.63, 3.8) is 0 Å². The highest BCUT2D eigenvalue weighted by molar-refractivity contribution is 6.35. The lowest BCUT2D eigenvalue weighted by atomic mass is 10.0. The Bertz CT molecular complexity index is 1070. The Morgan fingerprint density at radius 3 is 2.73 bits per heavy atom. The number of halogens is 2. The maximum Gasteiger partial charge on any atom is 0.261 e. The predicted molar refractivity (Wildman–Crippen MR) is 122 cm³/mol. The van der Waals surface area contributed by atoms with Crippen LogP contribution in [0.3, 0.4) is 0 Å². The maximum atomic E-state index is 14.8. The van der Waals surface area contributed by atoms with Crippen molar-refractivity contribution in [1.29, 1.82) is 0 Å². The first-order chi connectivity index (χ1) is 15.8. The van der Waals surface area contributed by atoms with E-state index in [9.17, 15) is 14.3 Å². The number of ether oxygens (including phenoxy) is 2. The Kier molecular flexibility index (Phi) is 5.80. The molecule has 1 amide bonds. The fourth-order valence-electron chi connectivity index (χ4n) is 4.85. The number of piperazine rings is 1. The second-order valence-electron chi connectivity index (χ2n) is 8.77. The van der Waals surface area contributed by atoms with Gasteiger partial charge in [0.25, 0.3) is 5.91 Å². The molecule has 2 N–H and O–H groups in total. The van der Waals surface area contributed by atoms with Crippen LogP contribution in [0.2, 0.25) is 5.02 Å². The van der Waals surface area contributed by atoms with Crippen LogP contribution in [-0.4, -0.2) is 78.5 Å². The van der Waals surface area contributed by atoms with Crippen molar-refractivity contribution in [1.82, 2.24) is 15.2 Å². The van der Waals surface area contributed by atoms with E-state index >= 15 is 0 Å². The zero-order chi connectivity index (χ0) is 23.3. The summed E-state index contributed by atoms with van der Waals surface area (Å²) >= 11 is 6.71. The van der Waals surface area contributed by atoms with Gasteiger partial charge in [0.05, 0.1) is 23.8 Å². The Balaban J connectivity index is 1.74. The Hall–Kier alpha value is -2.62. The molecular weight excluding hydrogens is 451 g/mol. The van der Waals surface area contributed by atoms with Crippen molar-refractivity contribution < 1.29 is 23.8 Å². The number of hydrogen-bond donors (Lipinski definition) is 2. The number of nitrogens with one attached hydrogen (secondary N) is 1. The van der Waals surface area contributed by atoms with Gasteiger partial charge in [0.1, 0.15) is 40.3 Å². The molecule has 2 aromatic rings. The van der Waals surface area contributed by atoms with Gasteiger partial charge in [0.2, 0.25) is 0 Å². The van der Waals surface area contributed by atoms with E-state index in [1.54, 1.807) is 4.90 Å². The van der Waals surface area contributed by atoms with Crippen LogP contribution in [-0.2, 0) is 4.74 Å². The summed E-state index contributed by atoms with van der Waals surface area (Å²) in [5.41, 5.74) is 0.185. The Morgan fingerprint density at radius 2 is 2.00 bits per heavy atom. The summed E-state index contributed by atoms with van der Waals surface area (Å²) in [4.78, 5) is 22.2. The van der Waals surface area contributed by atoms with Gasteiger partial charge >= 0.3 is 0 Å². The third-order valence-corrected chi connectivity index (χ3v) is 6.62. The molecule has 0 bridgehead atoms. The van der Waals surface area contributed by atoms with Crippen LogP contribution in [0.4, 0.5) is 10.2 Å². The topological polar surface area (TPSA) is 87.2 Å². The first-order valence-electron chi connectivity index (χ1n) is 11.1. The highest BCUT2D eigenvalue weighted by Crippen LogP contribution is 2.46. The summed E-state index contributed by atoms with van der Waals surface area (Å²) in [5.74, 6) is -0.639. The third kappa shape index (κ3) is 3.88. The molecule has 3 aliphatic heterocycles. The molecule has 5 rings (SSSR count). The molecule has 1 aromatic carbocycles. The minimum Gasteiger partial charge on any atom is -0.507 e. The Morgan fingerprint density at radius 1 is 1.24 bits per heavy atom. The average molecular weight is 477 g/mol. The van der Waals surface area contributed by atoms with E-state index in [2.05, 4.69) is 5.32 Å². The second kappa shape index (κ2) is 8.62. The van der Waals surface area contributed by atoms with E-state index < -0.39 is 5.82 Å². The fraction of sp³-hybridized carbons (Fsp3) is 0.478. The van der Waals surface area contributed by atoms with Gasteiger partial charge < -0.3 is 29.7 Å². The SMILES string of the molecule is C[C@@H]1CN(c2nc(-c3c(O)cccc3F)c(Cl)c3c2C(=O)N2CCNC[C@@H]2CO3)C[C@H](C)O1. The number of carbonyl (C=O) groups is 1. The van der Waals surface area contributed by atoms with Gasteiger partial charge in [-0.05, 0) is 26.0 Å². The first-order valence-corrected chi connectivity index (χ1v) is 11.5. The standard InChI is InChI=1S/C23H26ClFN4O4/c1-12-9-28(10-13(2)33-12)22-18-21(32-11-14-8-26-6-7-29(14)23(18)31)19(24)20(27-22)17-15(25)4-3-5-16(17)30/h3-5,12-14,26,30H,6-11H2,1-2H3/t12-,13+,14-/m1/s1. The van der Waals surface area contributed by atoms with Crippen LogP contribution >= 0.6 is 11.6 Å². The van der Waals surface area contributed by atoms with E-state index in [-0.39, 0.29) is 64.1 Å². The van der Waals surface area contributed by atoms with Crippen molar-refractivity contribution in [2.24, 2.45) is 0 Å². The summed E-state index contributed by atoms with van der Waals surface area (Å²) in [5, 5.41) is 13.7. The second-order valence-corrected chi connectivity index (χ2v) is 9.14. The van der Waals surface area contributed by atoms with E-state index in [0.29, 0.717) is 38.5 Å². The lowest BCUT2D eigenvalue weighted by molar-refractivity contribution is -0.00555. The molecule has 33 heavy (non-hydrogen) atoms. The van der Waals surface area contributed by atoms with Crippen LogP contribution in [0.5, 0.6) is 11.5 Å². The minimum atomic E-state index is -0.666. The van der Waals surface area contributed by atoms with Crippen LogP contribution in [0.25, 0.3) is 11.3 Å². The molecule has 2 fully saturated rings. The number of anilines is 1. The van der Waals surface area contributed by atoms with Gasteiger partial charge in [-0.2, -0.15) is 0 Å². The average Bonchev–Trinajstić information content (AvgIpc) is 2.92. The maximum absolute atomic E-state index is 14.8. The number of fused-ring (bicyclic) bond motifs is 2. The van der Waals surface area contributed by atoms with Crippen LogP contribution in [0, 0.1) is 5.82 Å². The molecule has 0 spiro atoms. The Labute approximate surface area is 196 Å². The molecule has 1 aromatic heterocycles. The molecule has 0 aliphatic carbocycles. The van der Waals surface area contributed by atoms with Crippen molar-refractivity contribution >= 4 is 23.3 Å². The minimum absolute atomic E-state index is 0.00432. The largest absolute Gasteiger partial charge is 0.507 e. The summed E-state index contributed by atoms with van der Waals surface area (Å²) in [6, 6.07) is 3.85. The number of aromatic hydroxyl groups is 1. The highest BCUT2D eigenvalue weighted by Gasteiger charge is 2.39. The fourth-order valence-corrected chi connectivity index (χ4v) is 5.14. The molecule has 0 saturated carbocycles. The number of phenols is 1. The molecule has 10 heteroatoms. The van der Waals surface area contributed by atoms with Gasteiger partial charge in [-0.15, -0.1) is 0 Å². The molecule has 4 heterocycles. The highest BCUT2D eigenvalue weighted by atomic mass is 35.5. The molecular formula is C23H26ClFN4O4. The molecule has 0 radical (unpaired) electrons. The number of aromatic nitrogens is 1. The summed E-state index contributed by atoms with van der Waals surface area (Å²) in [6.45, 7) is 6.95. The zero-order valence-electron chi connectivity index (χ0n) is 18.5. The van der Waals surface area contributed by atoms with Crippen LogP contribution < -0.4 is 15.0 Å². The molecule has 2 saturated heterocycles. The summed E-state index contributed by atoms with van der Waals surface area (Å²) in [7, 11) is 0.